The molecule has 1 aliphatic rings. The molecule has 0 aliphatic carbocycles. The number of hydrogen-bond donors (Lipinski definition) is 2. The van der Waals surface area contributed by atoms with Crippen molar-refractivity contribution < 1.29 is 0 Å². The van der Waals surface area contributed by atoms with Gasteiger partial charge in [0.05, 0.1) is 5.54 Å². The van der Waals surface area contributed by atoms with E-state index in [2.05, 4.69) is 37.4 Å². The van der Waals surface area contributed by atoms with E-state index >= 15 is 0 Å². The maximum absolute atomic E-state index is 6.26. The van der Waals surface area contributed by atoms with E-state index in [9.17, 15) is 0 Å². The van der Waals surface area contributed by atoms with E-state index in [0.29, 0.717) is 0 Å². The molecule has 70 valence electrons. The van der Waals surface area contributed by atoms with Gasteiger partial charge in [0, 0.05) is 13.1 Å². The lowest BCUT2D eigenvalue weighted by atomic mass is 9.80. The summed E-state index contributed by atoms with van der Waals surface area (Å²) in [6.07, 6.45) is 0. The number of nitrogens with two attached hydrogens (primary N) is 1. The van der Waals surface area contributed by atoms with Gasteiger partial charge in [0.15, 0.2) is 0 Å². The van der Waals surface area contributed by atoms with E-state index in [0.717, 1.165) is 13.1 Å². The lowest BCUT2D eigenvalue weighted by Crippen LogP contribution is -2.63. The summed E-state index contributed by atoms with van der Waals surface area (Å²) in [5, 5.41) is 3.23. The predicted molar refractivity (Wildman–Crippen MR) is 54.7 cm³/mol. The van der Waals surface area contributed by atoms with E-state index in [1.54, 1.807) is 0 Å². The summed E-state index contributed by atoms with van der Waals surface area (Å²) in [4.78, 5) is 0. The molecule has 0 aromatic heterocycles. The molecule has 1 aliphatic heterocycles. The van der Waals surface area contributed by atoms with Crippen LogP contribution in [0.25, 0.3) is 0 Å². The van der Waals surface area contributed by atoms with Gasteiger partial charge in [-0.05, 0) is 30.5 Å². The third-order valence-corrected chi connectivity index (χ3v) is 2.86. The first-order valence-corrected chi connectivity index (χ1v) is 4.70. The Labute approximate surface area is 79.1 Å². The van der Waals surface area contributed by atoms with Crippen LogP contribution in [0.5, 0.6) is 0 Å². The highest BCUT2D eigenvalue weighted by atomic mass is 15.1. The number of aryl methyl sites for hydroxylation is 2. The first-order valence-electron chi connectivity index (χ1n) is 4.70. The van der Waals surface area contributed by atoms with Crippen LogP contribution in [0.2, 0.25) is 0 Å². The average Bonchev–Trinajstić information content (AvgIpc) is 2.01. The number of rotatable bonds is 1. The van der Waals surface area contributed by atoms with Gasteiger partial charge in [0.25, 0.3) is 0 Å². The van der Waals surface area contributed by atoms with Crippen molar-refractivity contribution in [3.05, 3.63) is 34.9 Å². The molecule has 1 aromatic carbocycles. The van der Waals surface area contributed by atoms with Crippen LogP contribution in [0.3, 0.4) is 0 Å². The second kappa shape index (κ2) is 2.82. The molecule has 1 aromatic rings. The molecule has 0 atom stereocenters. The molecule has 0 amide bonds. The summed E-state index contributed by atoms with van der Waals surface area (Å²) >= 11 is 0. The van der Waals surface area contributed by atoms with Crippen molar-refractivity contribution >= 4 is 0 Å². The first kappa shape index (κ1) is 8.73. The van der Waals surface area contributed by atoms with Gasteiger partial charge in [-0.25, -0.2) is 0 Å². The van der Waals surface area contributed by atoms with Gasteiger partial charge in [0.2, 0.25) is 0 Å². The minimum absolute atomic E-state index is 0.116. The molecule has 0 saturated carbocycles. The van der Waals surface area contributed by atoms with E-state index in [-0.39, 0.29) is 5.54 Å². The Bertz CT molecular complexity index is 307. The maximum atomic E-state index is 6.26. The SMILES string of the molecule is Cc1cccc(C)c1C1(N)CNC1. The molecule has 2 nitrogen and oxygen atoms in total. The Morgan fingerprint density at radius 1 is 1.23 bits per heavy atom. The van der Waals surface area contributed by atoms with Crippen LogP contribution < -0.4 is 11.1 Å². The minimum atomic E-state index is -0.116. The fraction of sp³-hybridized carbons (Fsp3) is 0.455. The molecule has 13 heavy (non-hydrogen) atoms. The van der Waals surface area contributed by atoms with Gasteiger partial charge in [-0.3, -0.25) is 0 Å². The fourth-order valence-corrected chi connectivity index (χ4v) is 2.17. The van der Waals surface area contributed by atoms with Crippen molar-refractivity contribution in [3.63, 3.8) is 0 Å². The maximum Gasteiger partial charge on any atom is 0.0667 e. The van der Waals surface area contributed by atoms with Crippen LogP contribution >= 0.6 is 0 Å². The molecule has 0 radical (unpaired) electrons. The van der Waals surface area contributed by atoms with Crippen molar-refractivity contribution in [2.45, 2.75) is 19.4 Å². The van der Waals surface area contributed by atoms with Crippen LogP contribution in [0, 0.1) is 13.8 Å². The van der Waals surface area contributed by atoms with Crippen LogP contribution in [-0.4, -0.2) is 13.1 Å². The summed E-state index contributed by atoms with van der Waals surface area (Å²) in [6.45, 7) is 6.07. The zero-order chi connectivity index (χ0) is 9.47. The second-order valence-electron chi connectivity index (χ2n) is 4.03. The zero-order valence-electron chi connectivity index (χ0n) is 8.22. The second-order valence-corrected chi connectivity index (χ2v) is 4.03. The predicted octanol–water partition coefficient (Wildman–Crippen LogP) is 1.06. The highest BCUT2D eigenvalue weighted by Crippen LogP contribution is 2.28. The van der Waals surface area contributed by atoms with E-state index in [1.165, 1.54) is 16.7 Å². The molecule has 2 rings (SSSR count). The Balaban J connectivity index is 2.49. The molecule has 1 fully saturated rings. The third-order valence-electron chi connectivity index (χ3n) is 2.86. The van der Waals surface area contributed by atoms with Gasteiger partial charge >= 0.3 is 0 Å². The quantitative estimate of drug-likeness (QED) is 0.671. The molecular weight excluding hydrogens is 160 g/mol. The van der Waals surface area contributed by atoms with Gasteiger partial charge in [-0.2, -0.15) is 0 Å². The van der Waals surface area contributed by atoms with E-state index in [1.807, 2.05) is 0 Å². The lowest BCUT2D eigenvalue weighted by molar-refractivity contribution is 0.284. The van der Waals surface area contributed by atoms with Crippen LogP contribution in [0.4, 0.5) is 0 Å². The Kier molecular flexibility index (Phi) is 1.90. The van der Waals surface area contributed by atoms with Gasteiger partial charge in [-0.15, -0.1) is 0 Å². The molecule has 2 heteroatoms. The van der Waals surface area contributed by atoms with Crippen molar-refractivity contribution in [3.8, 4) is 0 Å². The Morgan fingerprint density at radius 3 is 2.15 bits per heavy atom. The minimum Gasteiger partial charge on any atom is -0.319 e. The van der Waals surface area contributed by atoms with Gasteiger partial charge in [-0.1, -0.05) is 18.2 Å². The van der Waals surface area contributed by atoms with Crippen molar-refractivity contribution in [1.29, 1.82) is 0 Å². The Morgan fingerprint density at radius 2 is 1.77 bits per heavy atom. The van der Waals surface area contributed by atoms with Crippen molar-refractivity contribution in [2.75, 3.05) is 13.1 Å². The van der Waals surface area contributed by atoms with Crippen LogP contribution in [0.15, 0.2) is 18.2 Å². The molecule has 0 bridgehead atoms. The standard InChI is InChI=1S/C11H16N2/c1-8-4-3-5-9(2)10(8)11(12)6-13-7-11/h3-5,13H,6-7,12H2,1-2H3. The molecule has 3 N–H and O–H groups in total. The van der Waals surface area contributed by atoms with Crippen LogP contribution in [-0.2, 0) is 5.54 Å². The third kappa shape index (κ3) is 1.26. The topological polar surface area (TPSA) is 38.0 Å². The molecule has 0 spiro atoms. The summed E-state index contributed by atoms with van der Waals surface area (Å²) in [5.74, 6) is 0. The zero-order valence-corrected chi connectivity index (χ0v) is 8.22. The van der Waals surface area contributed by atoms with Crippen molar-refractivity contribution in [1.82, 2.24) is 5.32 Å². The molecule has 0 unspecified atom stereocenters. The normalized spacial score (nSPS) is 19.6. The Hall–Kier alpha value is -0.860. The monoisotopic (exact) mass is 176 g/mol. The van der Waals surface area contributed by atoms with Crippen LogP contribution in [0.1, 0.15) is 16.7 Å². The first-order chi connectivity index (χ1) is 6.13. The molecule has 1 heterocycles. The van der Waals surface area contributed by atoms with Gasteiger partial charge < -0.3 is 11.1 Å². The number of nitrogens with one attached hydrogen (secondary N) is 1. The summed E-state index contributed by atoms with van der Waals surface area (Å²) in [6, 6.07) is 6.36. The number of benzene rings is 1. The molecule has 1 saturated heterocycles. The molecular formula is C11H16N2. The highest BCUT2D eigenvalue weighted by Gasteiger charge is 2.36. The van der Waals surface area contributed by atoms with E-state index in [4.69, 9.17) is 5.73 Å². The summed E-state index contributed by atoms with van der Waals surface area (Å²) < 4.78 is 0. The summed E-state index contributed by atoms with van der Waals surface area (Å²) in [7, 11) is 0. The number of hydrogen-bond acceptors (Lipinski definition) is 2. The van der Waals surface area contributed by atoms with E-state index < -0.39 is 0 Å². The average molecular weight is 176 g/mol. The lowest BCUT2D eigenvalue weighted by Gasteiger charge is -2.41. The fourth-order valence-electron chi connectivity index (χ4n) is 2.17. The largest absolute Gasteiger partial charge is 0.319 e. The van der Waals surface area contributed by atoms with Gasteiger partial charge in [0.1, 0.15) is 0 Å². The van der Waals surface area contributed by atoms with Crippen molar-refractivity contribution in [2.24, 2.45) is 5.73 Å². The highest BCUT2D eigenvalue weighted by molar-refractivity contribution is 5.41. The smallest absolute Gasteiger partial charge is 0.0667 e. The summed E-state index contributed by atoms with van der Waals surface area (Å²) in [5.41, 5.74) is 10.1.